The van der Waals surface area contributed by atoms with Gasteiger partial charge >= 0.3 is 6.03 Å². The minimum Gasteiger partial charge on any atom is -0.351 e. The number of piperidine rings is 1. The van der Waals surface area contributed by atoms with Gasteiger partial charge in [0.05, 0.1) is 0 Å². The van der Waals surface area contributed by atoms with Crippen LogP contribution in [0.1, 0.15) is 51.2 Å². The lowest BCUT2D eigenvalue weighted by molar-refractivity contribution is -0.124. The highest BCUT2D eigenvalue weighted by Crippen LogP contribution is 2.10. The Morgan fingerprint density at radius 3 is 2.56 bits per heavy atom. The molecule has 0 bridgehead atoms. The van der Waals surface area contributed by atoms with Crippen LogP contribution < -0.4 is 21.3 Å². The third-order valence-corrected chi connectivity index (χ3v) is 4.87. The van der Waals surface area contributed by atoms with Gasteiger partial charge in [0.15, 0.2) is 0 Å². The van der Waals surface area contributed by atoms with Crippen molar-refractivity contribution in [3.63, 3.8) is 0 Å². The Bertz CT molecular complexity index is 615. The zero-order valence-electron chi connectivity index (χ0n) is 17.0. The highest BCUT2D eigenvalue weighted by molar-refractivity contribution is 5.87. The van der Waals surface area contributed by atoms with Crippen LogP contribution in [0.4, 0.5) is 4.79 Å². The standard InChI is InChI=1S/C21H34N4O2/c1-14(2)11-19(20(26)24-18-9-10-22-16(4)12-18)25-21(27)23-13-17-7-5-15(3)6-8-17/h5-8,14,16,18-19,22H,9-13H2,1-4H3,(H,24,26)(H2,23,25,27). The molecule has 3 unspecified atom stereocenters. The topological polar surface area (TPSA) is 82.3 Å². The molecule has 3 atom stereocenters. The van der Waals surface area contributed by atoms with E-state index < -0.39 is 6.04 Å². The zero-order chi connectivity index (χ0) is 19.8. The van der Waals surface area contributed by atoms with Crippen molar-refractivity contribution in [2.45, 2.75) is 71.6 Å². The number of urea groups is 1. The second-order valence-electron chi connectivity index (χ2n) is 8.08. The summed E-state index contributed by atoms with van der Waals surface area (Å²) in [6.45, 7) is 9.61. The van der Waals surface area contributed by atoms with Crippen LogP contribution in [0, 0.1) is 12.8 Å². The molecule has 0 saturated carbocycles. The van der Waals surface area contributed by atoms with Gasteiger partial charge in [0.2, 0.25) is 5.91 Å². The average molecular weight is 375 g/mol. The molecule has 0 spiro atoms. The summed E-state index contributed by atoms with van der Waals surface area (Å²) in [7, 11) is 0. The lowest BCUT2D eigenvalue weighted by Gasteiger charge is -2.30. The molecule has 4 N–H and O–H groups in total. The number of carbonyl (C=O) groups excluding carboxylic acids is 2. The molecule has 1 fully saturated rings. The molecule has 0 aliphatic carbocycles. The van der Waals surface area contributed by atoms with Crippen molar-refractivity contribution in [2.75, 3.05) is 6.54 Å². The van der Waals surface area contributed by atoms with Crippen LogP contribution in [0.15, 0.2) is 24.3 Å². The first-order valence-electron chi connectivity index (χ1n) is 9.97. The Kier molecular flexibility index (Phi) is 8.10. The molecule has 0 radical (unpaired) electrons. The molecule has 6 nitrogen and oxygen atoms in total. The van der Waals surface area contributed by atoms with Gasteiger partial charge in [-0.3, -0.25) is 4.79 Å². The van der Waals surface area contributed by atoms with E-state index >= 15 is 0 Å². The monoisotopic (exact) mass is 374 g/mol. The summed E-state index contributed by atoms with van der Waals surface area (Å²) < 4.78 is 0. The van der Waals surface area contributed by atoms with Gasteiger partial charge in [-0.1, -0.05) is 43.7 Å². The van der Waals surface area contributed by atoms with Crippen LogP contribution >= 0.6 is 0 Å². The maximum Gasteiger partial charge on any atom is 0.315 e. The number of hydrogen-bond donors (Lipinski definition) is 4. The predicted octanol–water partition coefficient (Wildman–Crippen LogP) is 2.47. The first-order valence-corrected chi connectivity index (χ1v) is 9.97. The van der Waals surface area contributed by atoms with Crippen LogP contribution in [0.3, 0.4) is 0 Å². The molecule has 1 heterocycles. The first-order chi connectivity index (χ1) is 12.8. The van der Waals surface area contributed by atoms with Gasteiger partial charge in [0.1, 0.15) is 6.04 Å². The van der Waals surface area contributed by atoms with Crippen LogP contribution in [0.25, 0.3) is 0 Å². The smallest absolute Gasteiger partial charge is 0.315 e. The quantitative estimate of drug-likeness (QED) is 0.592. The van der Waals surface area contributed by atoms with Gasteiger partial charge in [-0.15, -0.1) is 0 Å². The maximum atomic E-state index is 12.7. The minimum atomic E-state index is -0.520. The number of rotatable bonds is 7. The van der Waals surface area contributed by atoms with E-state index in [9.17, 15) is 9.59 Å². The molecule has 150 valence electrons. The highest BCUT2D eigenvalue weighted by atomic mass is 16.2. The number of benzene rings is 1. The summed E-state index contributed by atoms with van der Waals surface area (Å²) in [6.07, 6.45) is 2.45. The molecule has 1 saturated heterocycles. The highest BCUT2D eigenvalue weighted by Gasteiger charge is 2.26. The fraction of sp³-hybridized carbons (Fsp3) is 0.619. The second-order valence-corrected chi connectivity index (χ2v) is 8.08. The first kappa shape index (κ1) is 21.2. The summed E-state index contributed by atoms with van der Waals surface area (Å²) in [5.41, 5.74) is 2.22. The SMILES string of the molecule is Cc1ccc(CNC(=O)NC(CC(C)C)C(=O)NC2CCNC(C)C2)cc1. The Balaban J connectivity index is 1.87. The molecular weight excluding hydrogens is 340 g/mol. The Morgan fingerprint density at radius 2 is 1.93 bits per heavy atom. The summed E-state index contributed by atoms with van der Waals surface area (Å²) in [5.74, 6) is 0.221. The maximum absolute atomic E-state index is 12.7. The lowest BCUT2D eigenvalue weighted by Crippen LogP contribution is -2.54. The fourth-order valence-corrected chi connectivity index (χ4v) is 3.37. The molecule has 1 aromatic rings. The molecule has 0 aromatic heterocycles. The Labute approximate surface area is 162 Å². The number of aryl methyl sites for hydroxylation is 1. The van der Waals surface area contributed by atoms with E-state index in [0.29, 0.717) is 24.9 Å². The van der Waals surface area contributed by atoms with Crippen molar-refractivity contribution in [1.29, 1.82) is 0 Å². The van der Waals surface area contributed by atoms with E-state index in [4.69, 9.17) is 0 Å². The lowest BCUT2D eigenvalue weighted by atomic mass is 9.98. The van der Waals surface area contributed by atoms with Crippen molar-refractivity contribution in [3.05, 3.63) is 35.4 Å². The molecule has 1 aliphatic rings. The van der Waals surface area contributed by atoms with Gasteiger partial charge in [-0.25, -0.2) is 4.79 Å². The fourth-order valence-electron chi connectivity index (χ4n) is 3.37. The van der Waals surface area contributed by atoms with Crippen LogP contribution in [0.2, 0.25) is 0 Å². The molecule has 1 aliphatic heterocycles. The van der Waals surface area contributed by atoms with Gasteiger partial charge in [-0.2, -0.15) is 0 Å². The second kappa shape index (κ2) is 10.3. The van der Waals surface area contributed by atoms with Gasteiger partial charge < -0.3 is 21.3 Å². The summed E-state index contributed by atoms with van der Waals surface area (Å²) in [4.78, 5) is 25.0. The molecule has 6 heteroatoms. The van der Waals surface area contributed by atoms with Crippen molar-refractivity contribution in [1.82, 2.24) is 21.3 Å². The Morgan fingerprint density at radius 1 is 1.22 bits per heavy atom. The largest absolute Gasteiger partial charge is 0.351 e. The van der Waals surface area contributed by atoms with Gasteiger partial charge in [0, 0.05) is 18.6 Å². The number of nitrogens with one attached hydrogen (secondary N) is 4. The van der Waals surface area contributed by atoms with E-state index in [1.165, 1.54) is 5.56 Å². The summed E-state index contributed by atoms with van der Waals surface area (Å²) in [6, 6.07) is 7.76. The van der Waals surface area contributed by atoms with Gasteiger partial charge in [-0.05, 0) is 51.1 Å². The van der Waals surface area contributed by atoms with Crippen LogP contribution in [-0.4, -0.2) is 36.6 Å². The molecule has 1 aromatic carbocycles. The number of hydrogen-bond acceptors (Lipinski definition) is 3. The Hall–Kier alpha value is -2.08. The van der Waals surface area contributed by atoms with Crippen molar-refractivity contribution < 1.29 is 9.59 Å². The zero-order valence-corrected chi connectivity index (χ0v) is 17.0. The third-order valence-electron chi connectivity index (χ3n) is 4.87. The number of carbonyl (C=O) groups is 2. The van der Waals surface area contributed by atoms with Gasteiger partial charge in [0.25, 0.3) is 0 Å². The van der Waals surface area contributed by atoms with Crippen LogP contribution in [0.5, 0.6) is 0 Å². The van der Waals surface area contributed by atoms with E-state index in [1.807, 2.05) is 31.2 Å². The number of amides is 3. The molecule has 27 heavy (non-hydrogen) atoms. The normalized spacial score (nSPS) is 20.8. The molecule has 3 amide bonds. The van der Waals surface area contributed by atoms with Crippen LogP contribution in [-0.2, 0) is 11.3 Å². The third kappa shape index (κ3) is 7.59. The average Bonchev–Trinajstić information content (AvgIpc) is 2.60. The molecule has 2 rings (SSSR count). The van der Waals surface area contributed by atoms with E-state index in [2.05, 4.69) is 42.0 Å². The minimum absolute atomic E-state index is 0.0896. The predicted molar refractivity (Wildman–Crippen MR) is 108 cm³/mol. The summed E-state index contributed by atoms with van der Waals surface area (Å²) in [5, 5.41) is 12.2. The molecular formula is C21H34N4O2. The van der Waals surface area contributed by atoms with E-state index in [0.717, 1.165) is 24.9 Å². The van der Waals surface area contributed by atoms with E-state index in [1.54, 1.807) is 0 Å². The summed E-state index contributed by atoms with van der Waals surface area (Å²) >= 11 is 0. The van der Waals surface area contributed by atoms with Crippen molar-refractivity contribution >= 4 is 11.9 Å². The van der Waals surface area contributed by atoms with E-state index in [-0.39, 0.29) is 18.0 Å². The van der Waals surface area contributed by atoms with Crippen molar-refractivity contribution in [3.8, 4) is 0 Å². The van der Waals surface area contributed by atoms with Crippen molar-refractivity contribution in [2.24, 2.45) is 5.92 Å².